The standard InChI is InChI=1S/C16H28N4O/c1-6-20-9-12(17)13(19-20)14(21)18-11-7-15(2,3)10-16(4,5)8-11/h9,11H,6-8,10,17H2,1-5H3,(H,18,21). The second kappa shape index (κ2) is 5.35. The van der Waals surface area contributed by atoms with Crippen LogP contribution in [0.5, 0.6) is 0 Å². The maximum absolute atomic E-state index is 12.4. The fourth-order valence-corrected chi connectivity index (χ4v) is 3.98. The molecular formula is C16H28N4O. The van der Waals surface area contributed by atoms with Gasteiger partial charge in [0.05, 0.1) is 5.69 Å². The molecule has 0 saturated heterocycles. The Bertz CT molecular complexity index is 514. The van der Waals surface area contributed by atoms with Crippen molar-refractivity contribution in [3.05, 3.63) is 11.9 Å². The van der Waals surface area contributed by atoms with Crippen molar-refractivity contribution in [2.45, 2.75) is 66.5 Å². The first-order valence-corrected chi connectivity index (χ1v) is 7.76. The molecule has 2 rings (SSSR count). The van der Waals surface area contributed by atoms with Crippen LogP contribution in [0.3, 0.4) is 0 Å². The van der Waals surface area contributed by atoms with Gasteiger partial charge < -0.3 is 11.1 Å². The van der Waals surface area contributed by atoms with E-state index >= 15 is 0 Å². The molecule has 0 bridgehead atoms. The minimum absolute atomic E-state index is 0.154. The van der Waals surface area contributed by atoms with Gasteiger partial charge in [-0.15, -0.1) is 0 Å². The van der Waals surface area contributed by atoms with Crippen LogP contribution in [0.4, 0.5) is 5.69 Å². The second-order valence-electron chi connectivity index (χ2n) is 7.87. The van der Waals surface area contributed by atoms with Gasteiger partial charge in [0.25, 0.3) is 5.91 Å². The lowest BCUT2D eigenvalue weighted by Gasteiger charge is -2.45. The van der Waals surface area contributed by atoms with Crippen LogP contribution in [-0.2, 0) is 6.54 Å². The average molecular weight is 292 g/mol. The maximum Gasteiger partial charge on any atom is 0.274 e. The van der Waals surface area contributed by atoms with Crippen molar-refractivity contribution in [3.8, 4) is 0 Å². The zero-order valence-electron chi connectivity index (χ0n) is 13.9. The molecule has 0 spiro atoms. The quantitative estimate of drug-likeness (QED) is 0.899. The Hall–Kier alpha value is -1.52. The Balaban J connectivity index is 2.10. The summed E-state index contributed by atoms with van der Waals surface area (Å²) in [5.74, 6) is -0.154. The number of nitrogens with two attached hydrogens (primary N) is 1. The van der Waals surface area contributed by atoms with E-state index in [2.05, 4.69) is 38.1 Å². The Morgan fingerprint density at radius 3 is 2.43 bits per heavy atom. The van der Waals surface area contributed by atoms with Crippen molar-refractivity contribution in [3.63, 3.8) is 0 Å². The van der Waals surface area contributed by atoms with Gasteiger partial charge in [-0.3, -0.25) is 9.48 Å². The third kappa shape index (κ3) is 3.77. The summed E-state index contributed by atoms with van der Waals surface area (Å²) >= 11 is 0. The van der Waals surface area contributed by atoms with Crippen molar-refractivity contribution in [1.29, 1.82) is 0 Å². The topological polar surface area (TPSA) is 72.9 Å². The molecule has 1 aliphatic rings. The van der Waals surface area contributed by atoms with E-state index in [0.29, 0.717) is 17.9 Å². The van der Waals surface area contributed by atoms with Crippen molar-refractivity contribution < 1.29 is 4.79 Å². The molecule has 118 valence electrons. The van der Waals surface area contributed by atoms with Gasteiger partial charge in [-0.25, -0.2) is 0 Å². The zero-order chi connectivity index (χ0) is 15.8. The number of carbonyl (C=O) groups excluding carboxylic acids is 1. The molecule has 21 heavy (non-hydrogen) atoms. The lowest BCUT2D eigenvalue weighted by atomic mass is 9.63. The molecule has 5 nitrogen and oxygen atoms in total. The van der Waals surface area contributed by atoms with E-state index in [1.54, 1.807) is 10.9 Å². The summed E-state index contributed by atoms with van der Waals surface area (Å²) in [6, 6.07) is 0.183. The molecule has 0 atom stereocenters. The number of rotatable bonds is 3. The molecule has 1 aromatic heterocycles. The molecule has 0 aromatic carbocycles. The van der Waals surface area contributed by atoms with Crippen LogP contribution >= 0.6 is 0 Å². The summed E-state index contributed by atoms with van der Waals surface area (Å²) in [5, 5.41) is 7.38. The van der Waals surface area contributed by atoms with E-state index in [0.717, 1.165) is 12.8 Å². The highest BCUT2D eigenvalue weighted by molar-refractivity contribution is 5.97. The lowest BCUT2D eigenvalue weighted by Crippen LogP contribution is -2.46. The smallest absolute Gasteiger partial charge is 0.274 e. The van der Waals surface area contributed by atoms with Gasteiger partial charge in [-0.2, -0.15) is 5.10 Å². The third-order valence-corrected chi connectivity index (χ3v) is 4.22. The number of nitrogen functional groups attached to an aromatic ring is 1. The second-order valence-corrected chi connectivity index (χ2v) is 7.87. The fraction of sp³-hybridized carbons (Fsp3) is 0.750. The van der Waals surface area contributed by atoms with Crippen molar-refractivity contribution >= 4 is 11.6 Å². The highest BCUT2D eigenvalue weighted by Crippen LogP contribution is 2.45. The van der Waals surface area contributed by atoms with E-state index < -0.39 is 0 Å². The maximum atomic E-state index is 12.4. The summed E-state index contributed by atoms with van der Waals surface area (Å²) in [6.45, 7) is 11.8. The average Bonchev–Trinajstić information content (AvgIpc) is 2.66. The molecule has 0 aliphatic heterocycles. The molecule has 0 radical (unpaired) electrons. The lowest BCUT2D eigenvalue weighted by molar-refractivity contribution is 0.0710. The summed E-state index contributed by atoms with van der Waals surface area (Å²) in [7, 11) is 0. The number of aryl methyl sites for hydroxylation is 1. The molecule has 1 aromatic rings. The molecule has 1 saturated carbocycles. The van der Waals surface area contributed by atoms with Crippen LogP contribution in [0, 0.1) is 10.8 Å². The SMILES string of the molecule is CCn1cc(N)c(C(=O)NC2CC(C)(C)CC(C)(C)C2)n1. The van der Waals surface area contributed by atoms with Crippen LogP contribution in [0.15, 0.2) is 6.20 Å². The molecule has 1 aliphatic carbocycles. The summed E-state index contributed by atoms with van der Waals surface area (Å²) in [4.78, 5) is 12.4. The summed E-state index contributed by atoms with van der Waals surface area (Å²) in [5.41, 5.74) is 7.17. The monoisotopic (exact) mass is 292 g/mol. The minimum atomic E-state index is -0.154. The molecule has 1 fully saturated rings. The molecule has 0 unspecified atom stereocenters. The van der Waals surface area contributed by atoms with E-state index in [9.17, 15) is 4.79 Å². The minimum Gasteiger partial charge on any atom is -0.396 e. The number of anilines is 1. The summed E-state index contributed by atoms with van der Waals surface area (Å²) < 4.78 is 1.69. The number of hydrogen-bond donors (Lipinski definition) is 2. The number of carbonyl (C=O) groups is 1. The number of hydrogen-bond acceptors (Lipinski definition) is 3. The predicted molar refractivity (Wildman–Crippen MR) is 85.0 cm³/mol. The highest BCUT2D eigenvalue weighted by Gasteiger charge is 2.39. The Labute approximate surface area is 127 Å². The van der Waals surface area contributed by atoms with Gasteiger partial charge in [0.2, 0.25) is 0 Å². The number of aromatic nitrogens is 2. The van der Waals surface area contributed by atoms with Crippen LogP contribution in [0.2, 0.25) is 0 Å². The largest absolute Gasteiger partial charge is 0.396 e. The number of nitrogens with one attached hydrogen (secondary N) is 1. The molecule has 1 amide bonds. The Kier molecular flexibility index (Phi) is 4.04. The zero-order valence-corrected chi connectivity index (χ0v) is 13.9. The summed E-state index contributed by atoms with van der Waals surface area (Å²) in [6.07, 6.45) is 4.88. The van der Waals surface area contributed by atoms with Gasteiger partial charge >= 0.3 is 0 Å². The predicted octanol–water partition coefficient (Wildman–Crippen LogP) is 2.82. The van der Waals surface area contributed by atoms with Crippen molar-refractivity contribution in [2.24, 2.45) is 10.8 Å². The molecule has 1 heterocycles. The van der Waals surface area contributed by atoms with E-state index in [1.165, 1.54) is 6.42 Å². The number of amides is 1. The van der Waals surface area contributed by atoms with E-state index in [4.69, 9.17) is 5.73 Å². The third-order valence-electron chi connectivity index (χ3n) is 4.22. The Morgan fingerprint density at radius 2 is 1.95 bits per heavy atom. The van der Waals surface area contributed by atoms with Crippen LogP contribution in [-0.4, -0.2) is 21.7 Å². The molecule has 5 heteroatoms. The Morgan fingerprint density at radius 1 is 1.38 bits per heavy atom. The normalized spacial score (nSPS) is 21.2. The molecular weight excluding hydrogens is 264 g/mol. The first kappa shape index (κ1) is 15.9. The van der Waals surface area contributed by atoms with Crippen LogP contribution < -0.4 is 11.1 Å². The fourth-order valence-electron chi connectivity index (χ4n) is 3.98. The van der Waals surface area contributed by atoms with Crippen LogP contribution in [0.25, 0.3) is 0 Å². The van der Waals surface area contributed by atoms with E-state index in [1.807, 2.05) is 6.92 Å². The van der Waals surface area contributed by atoms with Gasteiger partial charge in [-0.05, 0) is 37.0 Å². The van der Waals surface area contributed by atoms with E-state index in [-0.39, 0.29) is 22.8 Å². The number of nitrogens with zero attached hydrogens (tertiary/aromatic N) is 2. The molecule has 3 N–H and O–H groups in total. The van der Waals surface area contributed by atoms with Crippen molar-refractivity contribution in [1.82, 2.24) is 15.1 Å². The van der Waals surface area contributed by atoms with Gasteiger partial charge in [0, 0.05) is 18.8 Å². The first-order valence-electron chi connectivity index (χ1n) is 7.76. The first-order chi connectivity index (χ1) is 9.62. The van der Waals surface area contributed by atoms with Gasteiger partial charge in [-0.1, -0.05) is 27.7 Å². The highest BCUT2D eigenvalue weighted by atomic mass is 16.2. The van der Waals surface area contributed by atoms with Crippen molar-refractivity contribution in [2.75, 3.05) is 5.73 Å². The van der Waals surface area contributed by atoms with Crippen LogP contribution in [0.1, 0.15) is 64.4 Å². The van der Waals surface area contributed by atoms with Gasteiger partial charge in [0.1, 0.15) is 0 Å². The van der Waals surface area contributed by atoms with Gasteiger partial charge in [0.15, 0.2) is 5.69 Å².